The first-order chi connectivity index (χ1) is 13.4. The van der Waals surface area contributed by atoms with Gasteiger partial charge in [0.1, 0.15) is 29.9 Å². The Bertz CT molecular complexity index is 1120. The lowest BCUT2D eigenvalue weighted by molar-refractivity contribution is -0.135. The molecule has 1 amide bonds. The first-order valence-corrected chi connectivity index (χ1v) is 7.90. The van der Waals surface area contributed by atoms with Crippen LogP contribution in [0.1, 0.15) is 16.2 Å². The summed E-state index contributed by atoms with van der Waals surface area (Å²) >= 11 is 0. The predicted octanol–water partition coefficient (Wildman–Crippen LogP) is 2.56. The van der Waals surface area contributed by atoms with Gasteiger partial charge in [-0.2, -0.15) is 5.26 Å². The zero-order valence-corrected chi connectivity index (χ0v) is 14.1. The standard InChI is InChI=1S/C19H12FN3O5/c20-10-4-6-11(7-5-10)28-14-3-1-2-12-16(14)13(8-21)23-17(18(12)26)19(27)22-9-15(24)25/h1-7,26H,9H2,(H,22,27)(H,24,25). The van der Waals surface area contributed by atoms with Crippen LogP contribution in [0, 0.1) is 17.1 Å². The van der Waals surface area contributed by atoms with Gasteiger partial charge in [-0.25, -0.2) is 9.37 Å². The van der Waals surface area contributed by atoms with E-state index in [9.17, 15) is 24.3 Å². The van der Waals surface area contributed by atoms with E-state index < -0.39 is 35.7 Å². The van der Waals surface area contributed by atoms with Gasteiger partial charge in [0, 0.05) is 5.39 Å². The number of carbonyl (C=O) groups excluding carboxylic acids is 1. The molecule has 0 aliphatic carbocycles. The van der Waals surface area contributed by atoms with Gasteiger partial charge in [0.05, 0.1) is 5.39 Å². The zero-order chi connectivity index (χ0) is 20.3. The van der Waals surface area contributed by atoms with Gasteiger partial charge in [0.2, 0.25) is 0 Å². The number of ether oxygens (including phenoxy) is 1. The van der Waals surface area contributed by atoms with Crippen LogP contribution < -0.4 is 10.1 Å². The third-order valence-electron chi connectivity index (χ3n) is 3.73. The van der Waals surface area contributed by atoms with Crippen LogP contribution in [0.2, 0.25) is 0 Å². The van der Waals surface area contributed by atoms with Crippen LogP contribution in [0.3, 0.4) is 0 Å². The maximum Gasteiger partial charge on any atom is 0.322 e. The molecule has 0 saturated carbocycles. The molecular formula is C19H12FN3O5. The van der Waals surface area contributed by atoms with Crippen LogP contribution in [0.15, 0.2) is 42.5 Å². The minimum Gasteiger partial charge on any atom is -0.505 e. The molecule has 3 N–H and O–H groups in total. The van der Waals surface area contributed by atoms with E-state index in [0.717, 1.165) is 0 Å². The van der Waals surface area contributed by atoms with Gasteiger partial charge in [-0.05, 0) is 30.3 Å². The van der Waals surface area contributed by atoms with Crippen molar-refractivity contribution in [1.29, 1.82) is 5.26 Å². The molecular weight excluding hydrogens is 369 g/mol. The molecule has 8 nitrogen and oxygen atoms in total. The summed E-state index contributed by atoms with van der Waals surface area (Å²) in [5.74, 6) is -2.73. The average Bonchev–Trinajstić information content (AvgIpc) is 2.68. The quantitative estimate of drug-likeness (QED) is 0.618. The normalized spacial score (nSPS) is 10.3. The maximum atomic E-state index is 13.1. The number of pyridine rings is 1. The smallest absolute Gasteiger partial charge is 0.322 e. The lowest BCUT2D eigenvalue weighted by Gasteiger charge is -2.13. The van der Waals surface area contributed by atoms with E-state index >= 15 is 0 Å². The minimum absolute atomic E-state index is 0.117. The maximum absolute atomic E-state index is 13.1. The number of nitrogens with zero attached hydrogens (tertiary/aromatic N) is 2. The number of amides is 1. The molecule has 0 unspecified atom stereocenters. The second-order valence-electron chi connectivity index (χ2n) is 5.58. The number of hydrogen-bond acceptors (Lipinski definition) is 6. The largest absolute Gasteiger partial charge is 0.505 e. The lowest BCUT2D eigenvalue weighted by atomic mass is 10.1. The molecule has 0 spiro atoms. The molecule has 0 atom stereocenters. The van der Waals surface area contributed by atoms with Crippen molar-refractivity contribution in [3.05, 3.63) is 59.7 Å². The van der Waals surface area contributed by atoms with E-state index in [1.54, 1.807) is 0 Å². The Morgan fingerprint density at radius 2 is 1.93 bits per heavy atom. The van der Waals surface area contributed by atoms with Crippen molar-refractivity contribution >= 4 is 22.6 Å². The van der Waals surface area contributed by atoms with Crippen LogP contribution in [0.5, 0.6) is 17.2 Å². The van der Waals surface area contributed by atoms with E-state index in [0.29, 0.717) is 5.75 Å². The van der Waals surface area contributed by atoms with Gasteiger partial charge in [-0.1, -0.05) is 12.1 Å². The number of fused-ring (bicyclic) bond motifs is 1. The van der Waals surface area contributed by atoms with Crippen molar-refractivity contribution < 1.29 is 28.9 Å². The summed E-state index contributed by atoms with van der Waals surface area (Å²) in [6.45, 7) is -0.673. The molecule has 1 heterocycles. The van der Waals surface area contributed by atoms with Gasteiger partial charge in [0.25, 0.3) is 5.91 Å². The molecule has 2 aromatic carbocycles. The number of aliphatic carboxylic acids is 1. The van der Waals surface area contributed by atoms with Crippen molar-refractivity contribution in [1.82, 2.24) is 10.3 Å². The lowest BCUT2D eigenvalue weighted by Crippen LogP contribution is -2.30. The Kier molecular flexibility index (Phi) is 5.04. The van der Waals surface area contributed by atoms with E-state index in [1.165, 1.54) is 42.5 Å². The topological polar surface area (TPSA) is 133 Å². The monoisotopic (exact) mass is 381 g/mol. The van der Waals surface area contributed by atoms with E-state index in [4.69, 9.17) is 9.84 Å². The third-order valence-corrected chi connectivity index (χ3v) is 3.73. The molecule has 9 heteroatoms. The van der Waals surface area contributed by atoms with Crippen LogP contribution in [-0.4, -0.2) is 33.6 Å². The molecule has 0 aliphatic heterocycles. The van der Waals surface area contributed by atoms with Gasteiger partial charge in [-0.15, -0.1) is 0 Å². The number of halogens is 1. The highest BCUT2D eigenvalue weighted by Crippen LogP contribution is 2.37. The zero-order valence-electron chi connectivity index (χ0n) is 14.1. The molecule has 28 heavy (non-hydrogen) atoms. The predicted molar refractivity (Wildman–Crippen MR) is 94.6 cm³/mol. The fourth-order valence-electron chi connectivity index (χ4n) is 2.51. The summed E-state index contributed by atoms with van der Waals surface area (Å²) in [6, 6.07) is 11.5. The van der Waals surface area contributed by atoms with Crippen LogP contribution >= 0.6 is 0 Å². The van der Waals surface area contributed by atoms with E-state index in [1.807, 2.05) is 6.07 Å². The summed E-state index contributed by atoms with van der Waals surface area (Å²) in [5.41, 5.74) is -0.685. The highest BCUT2D eigenvalue weighted by molar-refractivity contribution is 6.05. The van der Waals surface area contributed by atoms with E-state index in [-0.39, 0.29) is 22.2 Å². The summed E-state index contributed by atoms with van der Waals surface area (Å²) in [6.07, 6.45) is 0. The van der Waals surface area contributed by atoms with Crippen molar-refractivity contribution in [3.8, 4) is 23.3 Å². The molecule has 0 fully saturated rings. The SMILES string of the molecule is N#Cc1nc(C(=O)NCC(=O)O)c(O)c2cccc(Oc3ccc(F)cc3)c12. The van der Waals surface area contributed by atoms with Crippen LogP contribution in [0.4, 0.5) is 4.39 Å². The number of aromatic hydroxyl groups is 1. The number of rotatable bonds is 5. The van der Waals surface area contributed by atoms with Gasteiger partial charge in [0.15, 0.2) is 17.1 Å². The molecule has 140 valence electrons. The van der Waals surface area contributed by atoms with Gasteiger partial charge in [-0.3, -0.25) is 9.59 Å². The number of nitrogens with one attached hydrogen (secondary N) is 1. The Morgan fingerprint density at radius 1 is 1.21 bits per heavy atom. The number of benzene rings is 2. The second kappa shape index (κ2) is 7.59. The number of carbonyl (C=O) groups is 2. The molecule has 0 saturated heterocycles. The molecule has 0 aliphatic rings. The van der Waals surface area contributed by atoms with Gasteiger partial charge >= 0.3 is 5.97 Å². The Balaban J connectivity index is 2.10. The average molecular weight is 381 g/mol. The molecule has 3 aromatic rings. The number of carboxylic acids is 1. The molecule has 3 rings (SSSR count). The summed E-state index contributed by atoms with van der Waals surface area (Å²) in [5, 5.41) is 30.9. The number of hydrogen-bond donors (Lipinski definition) is 3. The Hall–Kier alpha value is -4.19. The summed E-state index contributed by atoms with van der Waals surface area (Å²) < 4.78 is 18.7. The van der Waals surface area contributed by atoms with Crippen LogP contribution in [0.25, 0.3) is 10.8 Å². The number of aromatic nitrogens is 1. The Labute approximate surface area is 157 Å². The molecule has 0 radical (unpaired) electrons. The fraction of sp³-hybridized carbons (Fsp3) is 0.0526. The van der Waals surface area contributed by atoms with Crippen molar-refractivity contribution in [2.45, 2.75) is 0 Å². The third kappa shape index (κ3) is 3.66. The summed E-state index contributed by atoms with van der Waals surface area (Å²) in [4.78, 5) is 26.6. The molecule has 1 aromatic heterocycles. The van der Waals surface area contributed by atoms with E-state index in [2.05, 4.69) is 10.3 Å². The van der Waals surface area contributed by atoms with Crippen molar-refractivity contribution in [3.63, 3.8) is 0 Å². The minimum atomic E-state index is -1.27. The number of carboxylic acid groups (broad SMARTS) is 1. The number of nitriles is 1. The van der Waals surface area contributed by atoms with Crippen LogP contribution in [-0.2, 0) is 4.79 Å². The highest BCUT2D eigenvalue weighted by atomic mass is 19.1. The summed E-state index contributed by atoms with van der Waals surface area (Å²) in [7, 11) is 0. The first kappa shape index (κ1) is 18.6. The first-order valence-electron chi connectivity index (χ1n) is 7.90. The highest BCUT2D eigenvalue weighted by Gasteiger charge is 2.22. The van der Waals surface area contributed by atoms with Crippen molar-refractivity contribution in [2.75, 3.05) is 6.54 Å². The second-order valence-corrected chi connectivity index (χ2v) is 5.58. The fourth-order valence-corrected chi connectivity index (χ4v) is 2.51. The molecule has 0 bridgehead atoms. The van der Waals surface area contributed by atoms with Crippen molar-refractivity contribution in [2.24, 2.45) is 0 Å². The Morgan fingerprint density at radius 3 is 2.57 bits per heavy atom. The van der Waals surface area contributed by atoms with Gasteiger partial charge < -0.3 is 20.3 Å².